The van der Waals surface area contributed by atoms with Crippen LogP contribution in [0.2, 0.25) is 0 Å². The average molecular weight is 530 g/mol. The van der Waals surface area contributed by atoms with Crippen LogP contribution in [0.1, 0.15) is 56.6 Å². The standard InChI is InChI=1S/C22H26FO.Tl/c1-2-3-4-5-6-10-17-24-21-16-15-20(22(23)18-21)14-13-19-11-8-7-9-12-19;/h8-9,11-16,18H,2-6,10,17H2,1H3;/b14-13+;. The minimum absolute atomic E-state index is 0.238. The van der Waals surface area contributed by atoms with Gasteiger partial charge in [0, 0.05) is 0 Å². The molecule has 0 saturated carbocycles. The second-order valence-corrected chi connectivity index (χ2v) is 8.89. The van der Waals surface area contributed by atoms with Gasteiger partial charge in [-0.3, -0.25) is 0 Å². The van der Waals surface area contributed by atoms with Crippen molar-refractivity contribution in [1.29, 1.82) is 0 Å². The van der Waals surface area contributed by atoms with Gasteiger partial charge < -0.3 is 0 Å². The van der Waals surface area contributed by atoms with E-state index < -0.39 is 0 Å². The first-order valence-corrected chi connectivity index (χ1v) is 11.4. The molecular formula is C22H26FOTl. The molecule has 0 aliphatic carbocycles. The number of rotatable bonds is 10. The zero-order chi connectivity index (χ0) is 17.9. The van der Waals surface area contributed by atoms with Gasteiger partial charge in [-0.1, -0.05) is 39.0 Å². The molecule has 3 heteroatoms. The Balaban J connectivity index is 1.80. The summed E-state index contributed by atoms with van der Waals surface area (Å²) < 4.78 is 21.3. The van der Waals surface area contributed by atoms with E-state index in [9.17, 15) is 4.39 Å². The van der Waals surface area contributed by atoms with Gasteiger partial charge in [0.2, 0.25) is 0 Å². The van der Waals surface area contributed by atoms with Crippen molar-refractivity contribution in [1.82, 2.24) is 0 Å². The summed E-state index contributed by atoms with van der Waals surface area (Å²) in [6.45, 7) is 2.88. The van der Waals surface area contributed by atoms with Crippen LogP contribution in [0.25, 0.3) is 12.2 Å². The van der Waals surface area contributed by atoms with E-state index in [-0.39, 0.29) is 5.82 Å². The molecular weight excluding hydrogens is 504 g/mol. The molecule has 130 valence electrons. The summed E-state index contributed by atoms with van der Waals surface area (Å²) in [4.78, 5) is 0. The molecule has 2 aromatic carbocycles. The molecule has 0 heterocycles. The van der Waals surface area contributed by atoms with Gasteiger partial charge in [0.05, 0.1) is 0 Å². The maximum absolute atomic E-state index is 14.2. The molecule has 0 aromatic heterocycles. The van der Waals surface area contributed by atoms with Crippen molar-refractivity contribution in [2.75, 3.05) is 6.61 Å². The van der Waals surface area contributed by atoms with Gasteiger partial charge in [-0.05, 0) is 6.42 Å². The summed E-state index contributed by atoms with van der Waals surface area (Å²) in [5.74, 6) is 0.377. The fourth-order valence-electron chi connectivity index (χ4n) is 2.60. The van der Waals surface area contributed by atoms with E-state index in [1.54, 1.807) is 6.07 Å². The van der Waals surface area contributed by atoms with E-state index in [0.717, 1.165) is 37.8 Å². The average Bonchev–Trinajstić information content (AvgIpc) is 2.61. The first-order chi connectivity index (χ1) is 12.2. The summed E-state index contributed by atoms with van der Waals surface area (Å²) in [6, 6.07) is 13.5. The van der Waals surface area contributed by atoms with Crippen molar-refractivity contribution in [3.8, 4) is 5.75 Å². The van der Waals surface area contributed by atoms with Gasteiger partial charge in [-0.2, -0.15) is 0 Å². The molecule has 25 heavy (non-hydrogen) atoms. The Bertz CT molecular complexity index is 664. The van der Waals surface area contributed by atoms with Crippen molar-refractivity contribution < 1.29 is 9.13 Å². The van der Waals surface area contributed by atoms with Gasteiger partial charge in [-0.15, -0.1) is 0 Å². The monoisotopic (exact) mass is 530 g/mol. The Hall–Kier alpha value is -1.17. The molecule has 0 radical (unpaired) electrons. The van der Waals surface area contributed by atoms with Gasteiger partial charge in [-0.25, -0.2) is 0 Å². The zero-order valence-electron chi connectivity index (χ0n) is 15.0. The summed E-state index contributed by atoms with van der Waals surface area (Å²) in [7, 11) is 0. The van der Waals surface area contributed by atoms with Crippen LogP contribution in [0, 0.1) is 5.82 Å². The Morgan fingerprint density at radius 3 is 2.36 bits per heavy atom. The van der Waals surface area contributed by atoms with Crippen LogP contribution in [-0.4, -0.2) is 32.4 Å². The number of hydrogen-bond donors (Lipinski definition) is 0. The molecule has 2 aromatic rings. The maximum atomic E-state index is 14.2. The second kappa shape index (κ2) is 11.4. The summed E-state index contributed by atoms with van der Waals surface area (Å²) in [6.07, 6.45) is 11.1. The molecule has 0 aliphatic rings. The third kappa shape index (κ3) is 7.72. The van der Waals surface area contributed by atoms with Crippen LogP contribution in [0.3, 0.4) is 0 Å². The quantitative estimate of drug-likeness (QED) is 0.223. The fraction of sp³-hybridized carbons (Fsp3) is 0.364. The van der Waals surface area contributed by atoms with Crippen molar-refractivity contribution in [2.45, 2.75) is 45.4 Å². The van der Waals surface area contributed by atoms with Crippen molar-refractivity contribution in [3.05, 3.63) is 59.4 Å². The number of benzene rings is 2. The number of halogens is 1. The van der Waals surface area contributed by atoms with Gasteiger partial charge in [0.1, 0.15) is 0 Å². The molecule has 2 rings (SSSR count). The Labute approximate surface area is 167 Å². The summed E-state index contributed by atoms with van der Waals surface area (Å²) in [5, 5.41) is 0. The summed E-state index contributed by atoms with van der Waals surface area (Å²) in [5.41, 5.74) is 1.68. The molecule has 0 saturated heterocycles. The van der Waals surface area contributed by atoms with Gasteiger partial charge >= 0.3 is 122 Å². The molecule has 0 aliphatic heterocycles. The van der Waals surface area contributed by atoms with E-state index in [1.165, 1.54) is 41.3 Å². The Kier molecular flexibility index (Phi) is 9.23. The third-order valence-corrected chi connectivity index (χ3v) is 5.63. The molecule has 0 N–H and O–H groups in total. The normalized spacial score (nSPS) is 11.1. The molecule has 0 bridgehead atoms. The van der Waals surface area contributed by atoms with Crippen LogP contribution in [-0.2, 0) is 0 Å². The van der Waals surface area contributed by atoms with Crippen molar-refractivity contribution >= 4 is 41.0 Å². The van der Waals surface area contributed by atoms with Gasteiger partial charge in [0.25, 0.3) is 0 Å². The molecule has 0 fully saturated rings. The van der Waals surface area contributed by atoms with Crippen LogP contribution in [0.5, 0.6) is 5.75 Å². The van der Waals surface area contributed by atoms with Crippen LogP contribution >= 0.6 is 0 Å². The van der Waals surface area contributed by atoms with Crippen LogP contribution in [0.15, 0.2) is 42.5 Å². The van der Waals surface area contributed by atoms with E-state index in [0.29, 0.717) is 17.9 Å². The van der Waals surface area contributed by atoms with E-state index >= 15 is 0 Å². The van der Waals surface area contributed by atoms with E-state index in [4.69, 9.17) is 4.74 Å². The second-order valence-electron chi connectivity index (χ2n) is 6.30. The molecule has 0 atom stereocenters. The Morgan fingerprint density at radius 2 is 1.64 bits per heavy atom. The predicted octanol–water partition coefficient (Wildman–Crippen LogP) is 5.53. The number of unbranched alkanes of at least 4 members (excludes halogenated alkanes) is 5. The van der Waals surface area contributed by atoms with Crippen LogP contribution in [0.4, 0.5) is 4.39 Å². The Morgan fingerprint density at radius 1 is 0.920 bits per heavy atom. The molecule has 0 amide bonds. The van der Waals surface area contributed by atoms with Gasteiger partial charge in [0.15, 0.2) is 0 Å². The SMILES string of the molecule is CCCCCCCCOc1ccc(/C=C/c2cc[c]([Tl])cc2)c(F)c1. The molecule has 1 nitrogen and oxygen atoms in total. The van der Waals surface area contributed by atoms with Crippen LogP contribution < -0.4 is 7.86 Å². The van der Waals surface area contributed by atoms with E-state index in [2.05, 4.69) is 31.2 Å². The first-order valence-electron chi connectivity index (χ1n) is 9.15. The first kappa shape index (κ1) is 20.1. The summed E-state index contributed by atoms with van der Waals surface area (Å²) >= 11 is 0.851. The number of ether oxygens (including phenoxy) is 1. The number of hydrogen-bond acceptors (Lipinski definition) is 1. The molecule has 0 unspecified atom stereocenters. The zero-order valence-corrected chi connectivity index (χ0v) is 19.5. The molecule has 0 spiro atoms. The predicted molar refractivity (Wildman–Crippen MR) is 106 cm³/mol. The fourth-order valence-corrected chi connectivity index (χ4v) is 3.35. The third-order valence-electron chi connectivity index (χ3n) is 4.13. The van der Waals surface area contributed by atoms with E-state index in [1.807, 2.05) is 18.2 Å². The van der Waals surface area contributed by atoms with Crippen molar-refractivity contribution in [3.63, 3.8) is 0 Å². The topological polar surface area (TPSA) is 9.23 Å². The van der Waals surface area contributed by atoms with Crippen molar-refractivity contribution in [2.24, 2.45) is 0 Å². The minimum atomic E-state index is -0.238.